The average molecular weight is 313 g/mol. The van der Waals surface area contributed by atoms with Gasteiger partial charge >= 0.3 is 0 Å². The molecule has 0 amide bonds. The number of hydrogen-bond donors (Lipinski definition) is 1. The van der Waals surface area contributed by atoms with Gasteiger partial charge in [-0.05, 0) is 51.0 Å². The topological polar surface area (TPSA) is 30.5 Å². The molecule has 0 aliphatic heterocycles. The highest BCUT2D eigenvalue weighted by atomic mass is 16.5. The Balaban J connectivity index is 2.02. The van der Waals surface area contributed by atoms with Gasteiger partial charge in [-0.1, -0.05) is 35.9 Å². The highest BCUT2D eigenvalue weighted by molar-refractivity contribution is 5.43. The lowest BCUT2D eigenvalue weighted by atomic mass is 10.1. The van der Waals surface area contributed by atoms with Crippen molar-refractivity contribution in [2.75, 3.05) is 7.11 Å². The van der Waals surface area contributed by atoms with Crippen molar-refractivity contribution in [3.05, 3.63) is 59.2 Å². The lowest BCUT2D eigenvalue weighted by Gasteiger charge is -2.21. The molecule has 0 aliphatic carbocycles. The van der Waals surface area contributed by atoms with Crippen molar-refractivity contribution < 1.29 is 9.47 Å². The molecule has 3 heteroatoms. The Morgan fingerprint density at radius 3 is 2.17 bits per heavy atom. The van der Waals surface area contributed by atoms with E-state index in [1.54, 1.807) is 7.11 Å². The lowest BCUT2D eigenvalue weighted by molar-refractivity contribution is 0.284. The quantitative estimate of drug-likeness (QED) is 0.853. The van der Waals surface area contributed by atoms with E-state index in [9.17, 15) is 0 Å². The fourth-order valence-electron chi connectivity index (χ4n) is 2.15. The van der Waals surface area contributed by atoms with Crippen LogP contribution in [0.5, 0.6) is 11.5 Å². The minimum Gasteiger partial charge on any atom is -0.493 e. The molecule has 2 rings (SSSR count). The van der Waals surface area contributed by atoms with Crippen molar-refractivity contribution in [2.24, 2.45) is 0 Å². The summed E-state index contributed by atoms with van der Waals surface area (Å²) in [5.41, 5.74) is 3.67. The molecule has 0 saturated carbocycles. The van der Waals surface area contributed by atoms with Crippen molar-refractivity contribution in [3.63, 3.8) is 0 Å². The highest BCUT2D eigenvalue weighted by Crippen LogP contribution is 2.29. The zero-order valence-corrected chi connectivity index (χ0v) is 14.8. The number of aryl methyl sites for hydroxylation is 1. The third-order valence-electron chi connectivity index (χ3n) is 3.57. The van der Waals surface area contributed by atoms with Crippen LogP contribution in [-0.4, -0.2) is 12.6 Å². The summed E-state index contributed by atoms with van der Waals surface area (Å²) >= 11 is 0. The van der Waals surface area contributed by atoms with Gasteiger partial charge in [0.15, 0.2) is 11.5 Å². The van der Waals surface area contributed by atoms with Crippen LogP contribution in [0.1, 0.15) is 37.5 Å². The normalized spacial score (nSPS) is 11.3. The predicted octanol–water partition coefficient (Wildman–Crippen LogP) is 4.47. The number of hydrogen-bond acceptors (Lipinski definition) is 3. The van der Waals surface area contributed by atoms with Crippen LogP contribution < -0.4 is 14.8 Å². The second kappa shape index (κ2) is 7.51. The smallest absolute Gasteiger partial charge is 0.161 e. The first kappa shape index (κ1) is 17.4. The minimum absolute atomic E-state index is 0.0911. The first-order valence-electron chi connectivity index (χ1n) is 7.98. The van der Waals surface area contributed by atoms with E-state index in [1.807, 2.05) is 12.1 Å². The Hall–Kier alpha value is -2.00. The molecule has 0 aromatic heterocycles. The molecule has 2 aromatic rings. The Bertz CT molecular complexity index is 627. The molecular weight excluding hydrogens is 286 g/mol. The Morgan fingerprint density at radius 1 is 0.913 bits per heavy atom. The van der Waals surface area contributed by atoms with Crippen molar-refractivity contribution >= 4 is 0 Å². The van der Waals surface area contributed by atoms with Gasteiger partial charge in [-0.3, -0.25) is 0 Å². The van der Waals surface area contributed by atoms with E-state index in [4.69, 9.17) is 9.47 Å². The van der Waals surface area contributed by atoms with Gasteiger partial charge in [0.05, 0.1) is 7.11 Å². The summed E-state index contributed by atoms with van der Waals surface area (Å²) < 4.78 is 11.4. The molecule has 2 aromatic carbocycles. The molecule has 23 heavy (non-hydrogen) atoms. The monoisotopic (exact) mass is 313 g/mol. The van der Waals surface area contributed by atoms with Crippen LogP contribution in [0.3, 0.4) is 0 Å². The van der Waals surface area contributed by atoms with Gasteiger partial charge in [0.2, 0.25) is 0 Å². The summed E-state index contributed by atoms with van der Waals surface area (Å²) in [4.78, 5) is 0. The number of nitrogens with one attached hydrogen (secondary N) is 1. The molecule has 0 fully saturated rings. The van der Waals surface area contributed by atoms with Crippen molar-refractivity contribution in [2.45, 2.75) is 46.4 Å². The van der Waals surface area contributed by atoms with Gasteiger partial charge in [-0.25, -0.2) is 0 Å². The van der Waals surface area contributed by atoms with Gasteiger partial charge in [0.1, 0.15) is 6.61 Å². The second-order valence-electron chi connectivity index (χ2n) is 6.86. The van der Waals surface area contributed by atoms with Crippen LogP contribution in [0.2, 0.25) is 0 Å². The zero-order chi connectivity index (χ0) is 16.9. The number of rotatable bonds is 6. The minimum atomic E-state index is 0.0911. The first-order valence-corrected chi connectivity index (χ1v) is 7.98. The summed E-state index contributed by atoms with van der Waals surface area (Å²) in [6.45, 7) is 9.89. The van der Waals surface area contributed by atoms with E-state index in [0.717, 1.165) is 23.6 Å². The van der Waals surface area contributed by atoms with Crippen molar-refractivity contribution in [1.82, 2.24) is 5.32 Å². The third-order valence-corrected chi connectivity index (χ3v) is 3.57. The van der Waals surface area contributed by atoms with Gasteiger partial charge in [0.25, 0.3) is 0 Å². The maximum atomic E-state index is 5.91. The van der Waals surface area contributed by atoms with Crippen LogP contribution in [0.15, 0.2) is 42.5 Å². The molecule has 0 radical (unpaired) electrons. The van der Waals surface area contributed by atoms with Gasteiger partial charge in [0, 0.05) is 12.1 Å². The Labute approximate surface area is 139 Å². The third kappa shape index (κ3) is 5.61. The van der Waals surface area contributed by atoms with E-state index in [1.165, 1.54) is 11.1 Å². The molecule has 0 heterocycles. The average Bonchev–Trinajstić information content (AvgIpc) is 2.52. The SMILES string of the molecule is COc1cc(CNC(C)(C)C)ccc1OCc1ccc(C)cc1. The van der Waals surface area contributed by atoms with E-state index < -0.39 is 0 Å². The van der Waals surface area contributed by atoms with Crippen LogP contribution in [0.4, 0.5) is 0 Å². The molecule has 3 nitrogen and oxygen atoms in total. The summed E-state index contributed by atoms with van der Waals surface area (Å²) in [6.07, 6.45) is 0. The van der Waals surface area contributed by atoms with E-state index in [-0.39, 0.29) is 5.54 Å². The molecule has 1 N–H and O–H groups in total. The molecular formula is C20H27NO2. The van der Waals surface area contributed by atoms with Crippen LogP contribution in [0, 0.1) is 6.92 Å². The van der Waals surface area contributed by atoms with Gasteiger partial charge in [-0.15, -0.1) is 0 Å². The maximum absolute atomic E-state index is 5.91. The predicted molar refractivity (Wildman–Crippen MR) is 95.1 cm³/mol. The van der Waals surface area contributed by atoms with Crippen LogP contribution >= 0.6 is 0 Å². The Kier molecular flexibility index (Phi) is 5.67. The van der Waals surface area contributed by atoms with Crippen LogP contribution in [0.25, 0.3) is 0 Å². The van der Waals surface area contributed by atoms with E-state index >= 15 is 0 Å². The standard InChI is InChI=1S/C20H27NO2/c1-15-6-8-16(9-7-15)14-23-18-11-10-17(12-19(18)22-5)13-21-20(2,3)4/h6-12,21H,13-14H2,1-5H3. The lowest BCUT2D eigenvalue weighted by Crippen LogP contribution is -2.35. The van der Waals surface area contributed by atoms with E-state index in [2.05, 4.69) is 63.3 Å². The number of ether oxygens (including phenoxy) is 2. The van der Waals surface area contributed by atoms with Gasteiger partial charge in [-0.2, -0.15) is 0 Å². The number of methoxy groups -OCH3 is 1. The van der Waals surface area contributed by atoms with Gasteiger partial charge < -0.3 is 14.8 Å². The molecule has 0 unspecified atom stereocenters. The van der Waals surface area contributed by atoms with Crippen molar-refractivity contribution in [1.29, 1.82) is 0 Å². The molecule has 0 spiro atoms. The molecule has 0 atom stereocenters. The first-order chi connectivity index (χ1) is 10.9. The molecule has 124 valence electrons. The molecule has 0 aliphatic rings. The summed E-state index contributed by atoms with van der Waals surface area (Å²) in [5, 5.41) is 3.48. The fraction of sp³-hybridized carbons (Fsp3) is 0.400. The van der Waals surface area contributed by atoms with Crippen molar-refractivity contribution in [3.8, 4) is 11.5 Å². The van der Waals surface area contributed by atoms with Crippen LogP contribution in [-0.2, 0) is 13.2 Å². The highest BCUT2D eigenvalue weighted by Gasteiger charge is 2.10. The molecule has 0 bridgehead atoms. The maximum Gasteiger partial charge on any atom is 0.161 e. The summed E-state index contributed by atoms with van der Waals surface area (Å²) in [5.74, 6) is 1.54. The second-order valence-corrected chi connectivity index (χ2v) is 6.86. The fourth-order valence-corrected chi connectivity index (χ4v) is 2.15. The zero-order valence-electron chi connectivity index (χ0n) is 14.8. The molecule has 0 saturated heterocycles. The Morgan fingerprint density at radius 2 is 1.57 bits per heavy atom. The summed E-state index contributed by atoms with van der Waals surface area (Å²) in [6, 6.07) is 14.4. The van der Waals surface area contributed by atoms with E-state index in [0.29, 0.717) is 6.61 Å². The largest absolute Gasteiger partial charge is 0.493 e. The summed E-state index contributed by atoms with van der Waals surface area (Å²) in [7, 11) is 1.68. The number of benzene rings is 2.